The number of anilines is 1. The molecule has 2 heterocycles. The van der Waals surface area contributed by atoms with E-state index in [1.165, 1.54) is 5.56 Å². The van der Waals surface area contributed by atoms with Gasteiger partial charge < -0.3 is 4.90 Å². The van der Waals surface area contributed by atoms with Gasteiger partial charge in [-0.1, -0.05) is 30.3 Å². The summed E-state index contributed by atoms with van der Waals surface area (Å²) in [5.41, 5.74) is 2.10. The van der Waals surface area contributed by atoms with Crippen LogP contribution in [0.2, 0.25) is 0 Å². The molecular weight excluding hydrogens is 304 g/mol. The Labute approximate surface area is 119 Å². The number of benzene rings is 1. The lowest BCUT2D eigenvalue weighted by atomic mass is 10.2. The molecule has 0 spiro atoms. The number of halogens is 1. The first-order valence-electron chi connectivity index (χ1n) is 5.99. The van der Waals surface area contributed by atoms with Crippen LogP contribution < -0.4 is 4.90 Å². The highest BCUT2D eigenvalue weighted by atomic mass is 79.9. The van der Waals surface area contributed by atoms with E-state index in [-0.39, 0.29) is 0 Å². The molecule has 0 aliphatic heterocycles. The van der Waals surface area contributed by atoms with Crippen LogP contribution in [0, 0.1) is 0 Å². The molecule has 96 valence electrons. The van der Waals surface area contributed by atoms with E-state index in [1.54, 1.807) is 10.7 Å². The van der Waals surface area contributed by atoms with E-state index in [1.807, 2.05) is 37.4 Å². The van der Waals surface area contributed by atoms with E-state index in [0.717, 1.165) is 22.6 Å². The topological polar surface area (TPSA) is 33.4 Å². The Kier molecular flexibility index (Phi) is 3.21. The molecule has 19 heavy (non-hydrogen) atoms. The largest absolute Gasteiger partial charge is 0.354 e. The molecule has 0 saturated heterocycles. The second-order valence-electron chi connectivity index (χ2n) is 4.38. The first-order valence-corrected chi connectivity index (χ1v) is 6.79. The van der Waals surface area contributed by atoms with E-state index < -0.39 is 0 Å². The van der Waals surface area contributed by atoms with E-state index in [2.05, 4.69) is 43.0 Å². The summed E-state index contributed by atoms with van der Waals surface area (Å²) in [4.78, 5) is 6.35. The third-order valence-electron chi connectivity index (χ3n) is 2.96. The summed E-state index contributed by atoms with van der Waals surface area (Å²) in [7, 11) is 2.03. The summed E-state index contributed by atoms with van der Waals surface area (Å²) < 4.78 is 2.65. The molecule has 0 unspecified atom stereocenters. The first kappa shape index (κ1) is 12.2. The Bertz CT molecular complexity index is 693. The van der Waals surface area contributed by atoms with Crippen molar-refractivity contribution >= 4 is 27.4 Å². The number of imidazole rings is 1. The van der Waals surface area contributed by atoms with Gasteiger partial charge in [-0.25, -0.2) is 9.50 Å². The molecule has 0 aliphatic rings. The Morgan fingerprint density at radius 3 is 2.74 bits per heavy atom. The maximum absolute atomic E-state index is 4.56. The molecule has 0 N–H and O–H groups in total. The predicted molar refractivity (Wildman–Crippen MR) is 79.2 cm³/mol. The normalized spacial score (nSPS) is 10.8. The van der Waals surface area contributed by atoms with E-state index in [0.29, 0.717) is 0 Å². The van der Waals surface area contributed by atoms with Crippen molar-refractivity contribution in [1.82, 2.24) is 14.6 Å². The number of hydrogen-bond donors (Lipinski definition) is 0. The molecule has 0 aliphatic carbocycles. The van der Waals surface area contributed by atoms with Crippen molar-refractivity contribution < 1.29 is 0 Å². The molecule has 4 nitrogen and oxygen atoms in total. The van der Waals surface area contributed by atoms with Gasteiger partial charge in [-0.15, -0.1) is 5.10 Å². The third kappa shape index (κ3) is 2.46. The van der Waals surface area contributed by atoms with Gasteiger partial charge in [-0.3, -0.25) is 0 Å². The first-order chi connectivity index (χ1) is 9.24. The molecule has 0 amide bonds. The minimum atomic E-state index is 0.825. The van der Waals surface area contributed by atoms with Crippen molar-refractivity contribution in [2.75, 3.05) is 11.9 Å². The Balaban J connectivity index is 1.89. The molecule has 5 heteroatoms. The number of nitrogens with zero attached hydrogens (tertiary/aromatic N) is 4. The van der Waals surface area contributed by atoms with Crippen LogP contribution in [0.1, 0.15) is 5.56 Å². The van der Waals surface area contributed by atoms with Crippen molar-refractivity contribution in [3.63, 3.8) is 0 Å². The van der Waals surface area contributed by atoms with Crippen LogP contribution in [0.4, 0.5) is 5.82 Å². The summed E-state index contributed by atoms with van der Waals surface area (Å²) in [5.74, 6) is 0.912. The van der Waals surface area contributed by atoms with Crippen LogP contribution in [-0.4, -0.2) is 21.6 Å². The van der Waals surface area contributed by atoms with E-state index in [9.17, 15) is 0 Å². The minimum absolute atomic E-state index is 0.825. The Hall–Kier alpha value is -1.88. The molecule has 0 fully saturated rings. The lowest BCUT2D eigenvalue weighted by Gasteiger charge is -2.18. The van der Waals surface area contributed by atoms with Gasteiger partial charge in [0.2, 0.25) is 0 Å². The SMILES string of the molecule is CN(Cc1ccccc1)c1ccc2ncc(Br)n2n1. The van der Waals surface area contributed by atoms with Crippen molar-refractivity contribution in [3.05, 3.63) is 58.8 Å². The fraction of sp³-hybridized carbons (Fsp3) is 0.143. The van der Waals surface area contributed by atoms with Crippen LogP contribution in [0.15, 0.2) is 53.3 Å². The highest BCUT2D eigenvalue weighted by Gasteiger charge is 2.07. The van der Waals surface area contributed by atoms with Crippen molar-refractivity contribution in [1.29, 1.82) is 0 Å². The van der Waals surface area contributed by atoms with Gasteiger partial charge in [0.25, 0.3) is 0 Å². The van der Waals surface area contributed by atoms with Crippen LogP contribution in [-0.2, 0) is 6.54 Å². The van der Waals surface area contributed by atoms with Crippen LogP contribution in [0.25, 0.3) is 5.65 Å². The van der Waals surface area contributed by atoms with Gasteiger partial charge in [-0.05, 0) is 33.6 Å². The van der Waals surface area contributed by atoms with Crippen LogP contribution in [0.3, 0.4) is 0 Å². The molecule has 0 atom stereocenters. The third-order valence-corrected chi connectivity index (χ3v) is 3.50. The summed E-state index contributed by atoms with van der Waals surface area (Å²) in [6, 6.07) is 14.3. The maximum Gasteiger partial charge on any atom is 0.154 e. The summed E-state index contributed by atoms with van der Waals surface area (Å²) >= 11 is 3.44. The Morgan fingerprint density at radius 1 is 1.16 bits per heavy atom. The van der Waals surface area contributed by atoms with Gasteiger partial charge >= 0.3 is 0 Å². The number of rotatable bonds is 3. The highest BCUT2D eigenvalue weighted by molar-refractivity contribution is 9.10. The quantitative estimate of drug-likeness (QED) is 0.744. The molecule has 1 aromatic carbocycles. The predicted octanol–water partition coefficient (Wildman–Crippen LogP) is 3.13. The molecule has 3 rings (SSSR count). The number of fused-ring (bicyclic) bond motifs is 1. The van der Waals surface area contributed by atoms with Gasteiger partial charge in [0.1, 0.15) is 10.4 Å². The van der Waals surface area contributed by atoms with Crippen LogP contribution >= 0.6 is 15.9 Å². The Morgan fingerprint density at radius 2 is 1.95 bits per heavy atom. The summed E-state index contributed by atoms with van der Waals surface area (Å²) in [5, 5.41) is 4.56. The van der Waals surface area contributed by atoms with Gasteiger partial charge in [0, 0.05) is 13.6 Å². The molecule has 0 radical (unpaired) electrons. The van der Waals surface area contributed by atoms with Gasteiger partial charge in [-0.2, -0.15) is 0 Å². The molecule has 2 aromatic heterocycles. The van der Waals surface area contributed by atoms with E-state index in [4.69, 9.17) is 0 Å². The van der Waals surface area contributed by atoms with Crippen LogP contribution in [0.5, 0.6) is 0 Å². The highest BCUT2D eigenvalue weighted by Crippen LogP contribution is 2.16. The maximum atomic E-state index is 4.56. The monoisotopic (exact) mass is 316 g/mol. The zero-order valence-electron chi connectivity index (χ0n) is 10.5. The van der Waals surface area contributed by atoms with Gasteiger partial charge in [0.05, 0.1) is 6.20 Å². The summed E-state index contributed by atoms with van der Waals surface area (Å²) in [6.07, 6.45) is 1.75. The molecule has 0 saturated carbocycles. The fourth-order valence-electron chi connectivity index (χ4n) is 1.98. The molecular formula is C14H13BrN4. The molecule has 0 bridgehead atoms. The second-order valence-corrected chi connectivity index (χ2v) is 5.20. The van der Waals surface area contributed by atoms with Gasteiger partial charge in [0.15, 0.2) is 5.65 Å². The van der Waals surface area contributed by atoms with Crippen molar-refractivity contribution in [3.8, 4) is 0 Å². The second kappa shape index (κ2) is 5.01. The zero-order chi connectivity index (χ0) is 13.2. The smallest absolute Gasteiger partial charge is 0.154 e. The average Bonchev–Trinajstić information content (AvgIpc) is 2.81. The number of aromatic nitrogens is 3. The lowest BCUT2D eigenvalue weighted by molar-refractivity contribution is 0.834. The minimum Gasteiger partial charge on any atom is -0.354 e. The van der Waals surface area contributed by atoms with Crippen molar-refractivity contribution in [2.45, 2.75) is 6.54 Å². The average molecular weight is 317 g/mol. The standard InChI is InChI=1S/C14H13BrN4/c1-18(10-11-5-3-2-4-6-11)14-8-7-13-16-9-12(15)19(13)17-14/h2-9H,10H2,1H3. The number of hydrogen-bond acceptors (Lipinski definition) is 3. The molecule has 3 aromatic rings. The fourth-order valence-corrected chi connectivity index (χ4v) is 2.34. The zero-order valence-corrected chi connectivity index (χ0v) is 12.1. The van der Waals surface area contributed by atoms with E-state index >= 15 is 0 Å². The summed E-state index contributed by atoms with van der Waals surface area (Å²) in [6.45, 7) is 0.825. The van der Waals surface area contributed by atoms with Crippen molar-refractivity contribution in [2.24, 2.45) is 0 Å². The lowest BCUT2D eigenvalue weighted by Crippen LogP contribution is -2.18.